The Balaban J connectivity index is 2.25. The zero-order chi connectivity index (χ0) is 13.3. The number of carbonyl (C=O) groups is 2. The van der Waals surface area contributed by atoms with Crippen LogP contribution in [-0.2, 0) is 4.79 Å². The number of carboxylic acid groups (broad SMARTS) is 1. The zero-order valence-electron chi connectivity index (χ0n) is 9.37. The third-order valence-corrected chi connectivity index (χ3v) is 2.86. The van der Waals surface area contributed by atoms with Crippen molar-refractivity contribution in [1.29, 1.82) is 0 Å². The van der Waals surface area contributed by atoms with Crippen molar-refractivity contribution in [2.24, 2.45) is 0 Å². The fourth-order valence-electron chi connectivity index (χ4n) is 1.98. The van der Waals surface area contributed by atoms with Crippen LogP contribution in [-0.4, -0.2) is 50.7 Å². The lowest BCUT2D eigenvalue weighted by molar-refractivity contribution is -0.141. The number of nitrogens with one attached hydrogen (secondary N) is 1. The van der Waals surface area contributed by atoms with Crippen LogP contribution >= 0.6 is 0 Å². The van der Waals surface area contributed by atoms with E-state index in [9.17, 15) is 19.5 Å². The molecule has 0 radical (unpaired) electrons. The minimum Gasteiger partial charge on any atom is -0.480 e. The maximum Gasteiger partial charge on any atom is 0.326 e. The zero-order valence-corrected chi connectivity index (χ0v) is 9.37. The van der Waals surface area contributed by atoms with E-state index < -0.39 is 24.0 Å². The van der Waals surface area contributed by atoms with Crippen molar-refractivity contribution >= 4 is 11.9 Å². The molecular formula is C11H12N2O5. The third kappa shape index (κ3) is 2.25. The monoisotopic (exact) mass is 252 g/mol. The number of carboxylic acids is 1. The molecule has 18 heavy (non-hydrogen) atoms. The van der Waals surface area contributed by atoms with Crippen molar-refractivity contribution < 1.29 is 19.8 Å². The van der Waals surface area contributed by atoms with Crippen molar-refractivity contribution in [2.75, 3.05) is 6.54 Å². The lowest BCUT2D eigenvalue weighted by atomic mass is 10.2. The third-order valence-electron chi connectivity index (χ3n) is 2.86. The molecule has 1 aliphatic heterocycles. The molecule has 1 amide bonds. The molecular weight excluding hydrogens is 240 g/mol. The quantitative estimate of drug-likeness (QED) is 0.627. The van der Waals surface area contributed by atoms with Gasteiger partial charge in [0.25, 0.3) is 5.91 Å². The highest BCUT2D eigenvalue weighted by molar-refractivity contribution is 5.96. The molecule has 7 nitrogen and oxygen atoms in total. The molecule has 2 atom stereocenters. The van der Waals surface area contributed by atoms with E-state index in [2.05, 4.69) is 4.98 Å². The molecule has 0 spiro atoms. The van der Waals surface area contributed by atoms with E-state index in [1.165, 1.54) is 18.3 Å². The van der Waals surface area contributed by atoms with Gasteiger partial charge in [-0.15, -0.1) is 0 Å². The van der Waals surface area contributed by atoms with E-state index in [0.29, 0.717) is 0 Å². The molecule has 0 aromatic carbocycles. The summed E-state index contributed by atoms with van der Waals surface area (Å²) in [6, 6.07) is 1.49. The van der Waals surface area contributed by atoms with Gasteiger partial charge in [0.05, 0.1) is 11.7 Å². The molecule has 2 heterocycles. The van der Waals surface area contributed by atoms with Crippen LogP contribution < -0.4 is 5.56 Å². The maximum atomic E-state index is 12.0. The number of β-amino-alcohol motifs (C(OH)–C–C–N with tert-alkyl or cyclic N) is 1. The minimum atomic E-state index is -1.15. The van der Waals surface area contributed by atoms with Gasteiger partial charge in [-0.25, -0.2) is 4.79 Å². The number of hydrogen-bond acceptors (Lipinski definition) is 4. The number of aromatic nitrogens is 1. The Kier molecular flexibility index (Phi) is 3.15. The summed E-state index contributed by atoms with van der Waals surface area (Å²) in [5.74, 6) is -1.67. The van der Waals surface area contributed by atoms with Crippen LogP contribution in [0.3, 0.4) is 0 Å². The Morgan fingerprint density at radius 1 is 1.39 bits per heavy atom. The summed E-state index contributed by atoms with van der Waals surface area (Å²) >= 11 is 0. The van der Waals surface area contributed by atoms with Crippen molar-refractivity contribution in [2.45, 2.75) is 18.6 Å². The van der Waals surface area contributed by atoms with Crippen LogP contribution in [0, 0.1) is 0 Å². The Morgan fingerprint density at radius 2 is 2.11 bits per heavy atom. The summed E-state index contributed by atoms with van der Waals surface area (Å²) in [7, 11) is 0. The van der Waals surface area contributed by atoms with Crippen LogP contribution in [0.4, 0.5) is 0 Å². The lowest BCUT2D eigenvalue weighted by Gasteiger charge is -2.20. The summed E-state index contributed by atoms with van der Waals surface area (Å²) in [5.41, 5.74) is -0.155. The van der Waals surface area contributed by atoms with Crippen LogP contribution in [0.2, 0.25) is 0 Å². The van der Waals surface area contributed by atoms with Crippen molar-refractivity contribution in [3.63, 3.8) is 0 Å². The van der Waals surface area contributed by atoms with Gasteiger partial charge in [-0.05, 0) is 6.07 Å². The SMILES string of the molecule is O=C(O)C1CC(O)CN1C(=O)c1ccc(=O)[nH]c1. The van der Waals surface area contributed by atoms with Crippen LogP contribution in [0.1, 0.15) is 16.8 Å². The molecule has 0 saturated carbocycles. The first kappa shape index (κ1) is 12.3. The van der Waals surface area contributed by atoms with Gasteiger partial charge in [0.15, 0.2) is 0 Å². The van der Waals surface area contributed by atoms with Crippen molar-refractivity contribution in [3.05, 3.63) is 34.2 Å². The lowest BCUT2D eigenvalue weighted by Crippen LogP contribution is -2.40. The van der Waals surface area contributed by atoms with Gasteiger partial charge in [-0.3, -0.25) is 9.59 Å². The summed E-state index contributed by atoms with van der Waals surface area (Å²) in [6.45, 7) is -0.0189. The smallest absolute Gasteiger partial charge is 0.326 e. The van der Waals surface area contributed by atoms with E-state index in [1.54, 1.807) is 0 Å². The Morgan fingerprint density at radius 3 is 2.67 bits per heavy atom. The normalized spacial score (nSPS) is 23.1. The molecule has 0 aliphatic carbocycles. The number of pyridine rings is 1. The molecule has 2 unspecified atom stereocenters. The number of amides is 1. The minimum absolute atomic E-state index is 0.0183. The van der Waals surface area contributed by atoms with E-state index in [4.69, 9.17) is 5.11 Å². The number of aliphatic carboxylic acids is 1. The van der Waals surface area contributed by atoms with E-state index >= 15 is 0 Å². The van der Waals surface area contributed by atoms with E-state index in [0.717, 1.165) is 4.90 Å². The van der Waals surface area contributed by atoms with Gasteiger partial charge < -0.3 is 20.1 Å². The second-order valence-electron chi connectivity index (χ2n) is 4.14. The first-order valence-electron chi connectivity index (χ1n) is 5.39. The summed E-state index contributed by atoms with van der Waals surface area (Å²) in [4.78, 5) is 37.4. The van der Waals surface area contributed by atoms with Gasteiger partial charge in [0, 0.05) is 25.2 Å². The summed E-state index contributed by atoms with van der Waals surface area (Å²) in [6.07, 6.45) is 0.413. The first-order chi connectivity index (χ1) is 8.49. The predicted molar refractivity (Wildman–Crippen MR) is 60.1 cm³/mol. The second-order valence-corrected chi connectivity index (χ2v) is 4.14. The van der Waals surface area contributed by atoms with Crippen molar-refractivity contribution in [1.82, 2.24) is 9.88 Å². The number of nitrogens with zero attached hydrogens (tertiary/aromatic N) is 1. The molecule has 0 bridgehead atoms. The molecule has 1 aliphatic rings. The molecule has 1 saturated heterocycles. The Bertz CT molecular complexity index is 518. The number of aliphatic hydroxyl groups is 1. The number of rotatable bonds is 2. The summed E-state index contributed by atoms with van der Waals surface area (Å²) < 4.78 is 0. The number of H-pyrrole nitrogens is 1. The van der Waals surface area contributed by atoms with Gasteiger partial charge in [-0.2, -0.15) is 0 Å². The molecule has 2 rings (SSSR count). The number of likely N-dealkylation sites (tertiary alicyclic amines) is 1. The molecule has 96 valence electrons. The Labute approximate surface area is 102 Å². The second kappa shape index (κ2) is 4.61. The highest BCUT2D eigenvalue weighted by atomic mass is 16.4. The maximum absolute atomic E-state index is 12.0. The fraction of sp³-hybridized carbons (Fsp3) is 0.364. The molecule has 1 aromatic heterocycles. The number of aliphatic hydroxyl groups excluding tert-OH is 1. The number of aromatic amines is 1. The van der Waals surface area contributed by atoms with Crippen LogP contribution in [0.15, 0.2) is 23.1 Å². The number of carbonyl (C=O) groups excluding carboxylic acids is 1. The van der Waals surface area contributed by atoms with E-state index in [1.807, 2.05) is 0 Å². The Hall–Kier alpha value is -2.15. The average Bonchev–Trinajstić information content (AvgIpc) is 2.71. The van der Waals surface area contributed by atoms with Crippen molar-refractivity contribution in [3.8, 4) is 0 Å². The highest BCUT2D eigenvalue weighted by Gasteiger charge is 2.39. The van der Waals surface area contributed by atoms with E-state index in [-0.39, 0.29) is 24.1 Å². The predicted octanol–water partition coefficient (Wildman–Crippen LogP) is -0.965. The van der Waals surface area contributed by atoms with Gasteiger partial charge in [0.2, 0.25) is 5.56 Å². The average molecular weight is 252 g/mol. The molecule has 7 heteroatoms. The van der Waals surface area contributed by atoms with Crippen LogP contribution in [0.25, 0.3) is 0 Å². The standard InChI is InChI=1S/C11H12N2O5/c14-7-3-8(11(17)18)13(5-7)10(16)6-1-2-9(15)12-4-6/h1-2,4,7-8,14H,3,5H2,(H,12,15)(H,17,18). The molecule has 1 aromatic rings. The molecule has 3 N–H and O–H groups in total. The van der Waals surface area contributed by atoms with Crippen LogP contribution in [0.5, 0.6) is 0 Å². The summed E-state index contributed by atoms with van der Waals surface area (Å²) in [5, 5.41) is 18.4. The highest BCUT2D eigenvalue weighted by Crippen LogP contribution is 2.20. The fourth-order valence-corrected chi connectivity index (χ4v) is 1.98. The largest absolute Gasteiger partial charge is 0.480 e. The topological polar surface area (TPSA) is 111 Å². The van der Waals surface area contributed by atoms with Gasteiger partial charge in [-0.1, -0.05) is 0 Å². The first-order valence-corrected chi connectivity index (χ1v) is 5.39. The van der Waals surface area contributed by atoms with Gasteiger partial charge in [0.1, 0.15) is 6.04 Å². The van der Waals surface area contributed by atoms with Gasteiger partial charge >= 0.3 is 5.97 Å². The number of hydrogen-bond donors (Lipinski definition) is 3. The molecule has 1 fully saturated rings.